The quantitative estimate of drug-likeness (QED) is 0.546. The van der Waals surface area contributed by atoms with Crippen molar-refractivity contribution >= 4 is 23.5 Å². The Kier molecular flexibility index (Phi) is 9.30. The summed E-state index contributed by atoms with van der Waals surface area (Å²) in [5.41, 5.74) is 2.28. The van der Waals surface area contributed by atoms with Crippen molar-refractivity contribution in [2.24, 2.45) is 0 Å². The van der Waals surface area contributed by atoms with Crippen LogP contribution in [0.1, 0.15) is 42.6 Å². The first-order chi connectivity index (χ1) is 14.5. The van der Waals surface area contributed by atoms with E-state index in [0.29, 0.717) is 12.1 Å². The summed E-state index contributed by atoms with van der Waals surface area (Å²) >= 11 is 0. The lowest BCUT2D eigenvalue weighted by Crippen LogP contribution is -2.42. The fourth-order valence-corrected chi connectivity index (χ4v) is 2.67. The standard InChI is InChI=1S/C22H27N3O5/c1-3-29-20(26)12-11-19(22(28)30-4-2)25-21(27)17-7-9-18(10-8-17)24-15-16-6-5-13-23-14-16/h5-10,13-14,19,24H,3-4,11-12,15H2,1-2H3,(H,25,27). The van der Waals surface area contributed by atoms with Crippen LogP contribution in [0.3, 0.4) is 0 Å². The number of carbonyl (C=O) groups is 3. The minimum atomic E-state index is -0.926. The average Bonchev–Trinajstić information content (AvgIpc) is 2.76. The zero-order valence-electron chi connectivity index (χ0n) is 17.2. The number of hydrogen-bond donors (Lipinski definition) is 2. The van der Waals surface area contributed by atoms with Gasteiger partial charge in [-0.25, -0.2) is 4.79 Å². The molecule has 0 radical (unpaired) electrons. The lowest BCUT2D eigenvalue weighted by molar-refractivity contribution is -0.146. The molecule has 2 aromatic rings. The van der Waals surface area contributed by atoms with Gasteiger partial charge in [0.15, 0.2) is 0 Å². The van der Waals surface area contributed by atoms with E-state index in [2.05, 4.69) is 15.6 Å². The third-order valence-electron chi connectivity index (χ3n) is 4.19. The van der Waals surface area contributed by atoms with Crippen LogP contribution < -0.4 is 10.6 Å². The highest BCUT2D eigenvalue weighted by atomic mass is 16.5. The number of nitrogens with zero attached hydrogens (tertiary/aromatic N) is 1. The molecule has 0 saturated carbocycles. The molecule has 1 unspecified atom stereocenters. The molecule has 2 N–H and O–H groups in total. The molecule has 1 heterocycles. The van der Waals surface area contributed by atoms with Crippen molar-refractivity contribution in [3.8, 4) is 0 Å². The van der Waals surface area contributed by atoms with Gasteiger partial charge in [-0.3, -0.25) is 14.6 Å². The monoisotopic (exact) mass is 413 g/mol. The molecule has 2 rings (SSSR count). The van der Waals surface area contributed by atoms with Crippen LogP contribution in [0.25, 0.3) is 0 Å². The smallest absolute Gasteiger partial charge is 0.328 e. The summed E-state index contributed by atoms with van der Waals surface area (Å²) in [5, 5.41) is 5.89. The van der Waals surface area contributed by atoms with Crippen LogP contribution in [0.5, 0.6) is 0 Å². The molecular weight excluding hydrogens is 386 g/mol. The summed E-state index contributed by atoms with van der Waals surface area (Å²) in [7, 11) is 0. The highest BCUT2D eigenvalue weighted by Gasteiger charge is 2.24. The summed E-state index contributed by atoms with van der Waals surface area (Å²) in [6, 6.07) is 9.79. The Bertz CT molecular complexity index is 824. The third-order valence-corrected chi connectivity index (χ3v) is 4.19. The van der Waals surface area contributed by atoms with Gasteiger partial charge in [0.25, 0.3) is 5.91 Å². The Balaban J connectivity index is 1.94. The summed E-state index contributed by atoms with van der Waals surface area (Å²) in [4.78, 5) is 40.4. The summed E-state index contributed by atoms with van der Waals surface area (Å²) in [6.45, 7) is 4.44. The largest absolute Gasteiger partial charge is 0.466 e. The number of benzene rings is 1. The van der Waals surface area contributed by atoms with Crippen LogP contribution in [0, 0.1) is 0 Å². The van der Waals surface area contributed by atoms with Gasteiger partial charge in [-0.05, 0) is 56.2 Å². The number of ether oxygens (including phenoxy) is 2. The molecule has 0 saturated heterocycles. The van der Waals surface area contributed by atoms with E-state index in [0.717, 1.165) is 11.3 Å². The lowest BCUT2D eigenvalue weighted by atomic mass is 10.1. The predicted molar refractivity (Wildman–Crippen MR) is 112 cm³/mol. The lowest BCUT2D eigenvalue weighted by Gasteiger charge is -2.17. The Morgan fingerprint density at radius 3 is 2.40 bits per heavy atom. The Labute approximate surface area is 176 Å². The fourth-order valence-electron chi connectivity index (χ4n) is 2.67. The van der Waals surface area contributed by atoms with Crippen LogP contribution in [-0.4, -0.2) is 42.1 Å². The SMILES string of the molecule is CCOC(=O)CCC(NC(=O)c1ccc(NCc2cccnc2)cc1)C(=O)OCC. The maximum absolute atomic E-state index is 12.6. The fraction of sp³-hybridized carbons (Fsp3) is 0.364. The molecule has 1 amide bonds. The van der Waals surface area contributed by atoms with Crippen LogP contribution in [0.15, 0.2) is 48.8 Å². The molecule has 0 aliphatic rings. The van der Waals surface area contributed by atoms with Gasteiger partial charge in [-0.2, -0.15) is 0 Å². The van der Waals surface area contributed by atoms with E-state index in [4.69, 9.17) is 9.47 Å². The maximum Gasteiger partial charge on any atom is 0.328 e. The van der Waals surface area contributed by atoms with Gasteiger partial charge < -0.3 is 20.1 Å². The van der Waals surface area contributed by atoms with E-state index in [9.17, 15) is 14.4 Å². The molecule has 8 heteroatoms. The van der Waals surface area contributed by atoms with Crippen molar-refractivity contribution < 1.29 is 23.9 Å². The minimum absolute atomic E-state index is 0.00873. The number of carbonyl (C=O) groups excluding carboxylic acids is 3. The zero-order valence-corrected chi connectivity index (χ0v) is 17.2. The first-order valence-electron chi connectivity index (χ1n) is 9.89. The van der Waals surface area contributed by atoms with Crippen molar-refractivity contribution in [2.75, 3.05) is 18.5 Å². The Hall–Kier alpha value is -3.42. The molecule has 0 aliphatic carbocycles. The number of amides is 1. The molecule has 160 valence electrons. The number of anilines is 1. The Morgan fingerprint density at radius 2 is 1.77 bits per heavy atom. The normalized spacial score (nSPS) is 11.3. The van der Waals surface area contributed by atoms with Gasteiger partial charge in [-0.15, -0.1) is 0 Å². The van der Waals surface area contributed by atoms with E-state index in [1.165, 1.54) is 0 Å². The molecule has 30 heavy (non-hydrogen) atoms. The van der Waals surface area contributed by atoms with E-state index in [-0.39, 0.29) is 26.1 Å². The van der Waals surface area contributed by atoms with Crippen LogP contribution in [0.4, 0.5) is 5.69 Å². The van der Waals surface area contributed by atoms with E-state index in [1.807, 2.05) is 12.1 Å². The number of rotatable bonds is 11. The topological polar surface area (TPSA) is 107 Å². The maximum atomic E-state index is 12.6. The van der Waals surface area contributed by atoms with Crippen molar-refractivity contribution in [3.05, 3.63) is 59.9 Å². The molecule has 1 atom stereocenters. The zero-order chi connectivity index (χ0) is 21.8. The second-order valence-electron chi connectivity index (χ2n) is 6.41. The van der Waals surface area contributed by atoms with Gasteiger partial charge in [-0.1, -0.05) is 6.07 Å². The van der Waals surface area contributed by atoms with Crippen molar-refractivity contribution in [1.29, 1.82) is 0 Å². The van der Waals surface area contributed by atoms with Crippen molar-refractivity contribution in [2.45, 2.75) is 39.3 Å². The summed E-state index contributed by atoms with van der Waals surface area (Å²) in [5.74, 6) is -1.43. The van der Waals surface area contributed by atoms with Crippen LogP contribution in [-0.2, 0) is 25.6 Å². The summed E-state index contributed by atoms with van der Waals surface area (Å²) in [6.07, 6.45) is 3.61. The molecule has 0 bridgehead atoms. The van der Waals surface area contributed by atoms with Crippen molar-refractivity contribution in [3.63, 3.8) is 0 Å². The van der Waals surface area contributed by atoms with Gasteiger partial charge in [0.05, 0.1) is 13.2 Å². The molecule has 0 aliphatic heterocycles. The summed E-state index contributed by atoms with van der Waals surface area (Å²) < 4.78 is 9.88. The van der Waals surface area contributed by atoms with E-state index >= 15 is 0 Å². The Morgan fingerprint density at radius 1 is 1.03 bits per heavy atom. The van der Waals surface area contributed by atoms with Gasteiger partial charge in [0, 0.05) is 36.6 Å². The van der Waals surface area contributed by atoms with Crippen LogP contribution >= 0.6 is 0 Å². The molecule has 1 aromatic carbocycles. The van der Waals surface area contributed by atoms with Crippen molar-refractivity contribution in [1.82, 2.24) is 10.3 Å². The van der Waals surface area contributed by atoms with Gasteiger partial charge in [0.2, 0.25) is 0 Å². The number of nitrogens with one attached hydrogen (secondary N) is 2. The third kappa shape index (κ3) is 7.54. The molecule has 8 nitrogen and oxygen atoms in total. The molecule has 0 fully saturated rings. The first-order valence-corrected chi connectivity index (χ1v) is 9.89. The molecule has 1 aromatic heterocycles. The van der Waals surface area contributed by atoms with Gasteiger partial charge >= 0.3 is 11.9 Å². The van der Waals surface area contributed by atoms with Crippen LogP contribution in [0.2, 0.25) is 0 Å². The predicted octanol–water partition coefficient (Wildman–Crippen LogP) is 2.70. The highest BCUT2D eigenvalue weighted by molar-refractivity contribution is 5.97. The average molecular weight is 413 g/mol. The number of aromatic nitrogens is 1. The molecular formula is C22H27N3O5. The number of pyridine rings is 1. The second kappa shape index (κ2) is 12.2. The first kappa shape index (κ1) is 22.9. The van der Waals surface area contributed by atoms with Gasteiger partial charge in [0.1, 0.15) is 6.04 Å². The number of esters is 2. The minimum Gasteiger partial charge on any atom is -0.466 e. The highest BCUT2D eigenvalue weighted by Crippen LogP contribution is 2.12. The molecule has 0 spiro atoms. The van der Waals surface area contributed by atoms with E-state index < -0.39 is 23.9 Å². The second-order valence-corrected chi connectivity index (χ2v) is 6.41. The van der Waals surface area contributed by atoms with E-state index in [1.54, 1.807) is 50.5 Å². The number of hydrogen-bond acceptors (Lipinski definition) is 7.